The van der Waals surface area contributed by atoms with E-state index in [1.807, 2.05) is 36.4 Å². The number of aryl methyl sites for hydroxylation is 1. The van der Waals surface area contributed by atoms with Crippen LogP contribution in [0.2, 0.25) is 0 Å². The predicted octanol–water partition coefficient (Wildman–Crippen LogP) is 3.17. The van der Waals surface area contributed by atoms with Gasteiger partial charge in [0.2, 0.25) is 6.79 Å². The third-order valence-corrected chi connectivity index (χ3v) is 7.67. The lowest BCUT2D eigenvalue weighted by molar-refractivity contribution is -0.123. The highest BCUT2D eigenvalue weighted by molar-refractivity contribution is 7.92. The van der Waals surface area contributed by atoms with Crippen molar-refractivity contribution in [2.45, 2.75) is 24.8 Å². The summed E-state index contributed by atoms with van der Waals surface area (Å²) in [5, 5.41) is 2.80. The third kappa shape index (κ3) is 4.26. The zero-order valence-corrected chi connectivity index (χ0v) is 19.4. The molecule has 8 nitrogen and oxygen atoms in total. The van der Waals surface area contributed by atoms with E-state index in [0.29, 0.717) is 42.3 Å². The van der Waals surface area contributed by atoms with Gasteiger partial charge in [0.25, 0.3) is 15.9 Å². The number of fused-ring (bicyclic) bond motifs is 2. The van der Waals surface area contributed by atoms with Crippen LogP contribution in [-0.2, 0) is 27.8 Å². The molecule has 3 aromatic carbocycles. The monoisotopic (exact) mass is 480 g/mol. The number of anilines is 1. The van der Waals surface area contributed by atoms with Crippen molar-refractivity contribution in [3.05, 3.63) is 77.4 Å². The lowest BCUT2D eigenvalue weighted by atomic mass is 10.2. The van der Waals surface area contributed by atoms with Gasteiger partial charge in [-0.25, -0.2) is 8.42 Å². The summed E-state index contributed by atoms with van der Waals surface area (Å²) in [5.41, 5.74) is 3.26. The van der Waals surface area contributed by atoms with E-state index in [4.69, 9.17) is 14.2 Å². The van der Waals surface area contributed by atoms with Gasteiger partial charge in [0.05, 0.1) is 10.6 Å². The van der Waals surface area contributed by atoms with E-state index in [1.54, 1.807) is 25.1 Å². The van der Waals surface area contributed by atoms with Gasteiger partial charge in [0.15, 0.2) is 18.1 Å². The maximum atomic E-state index is 13.2. The lowest BCUT2D eigenvalue weighted by Gasteiger charge is -2.20. The summed E-state index contributed by atoms with van der Waals surface area (Å²) >= 11 is 0. The van der Waals surface area contributed by atoms with E-state index >= 15 is 0 Å². The molecule has 0 unspecified atom stereocenters. The Hall–Kier alpha value is -3.72. The topological polar surface area (TPSA) is 94.2 Å². The normalized spacial score (nSPS) is 14.1. The summed E-state index contributed by atoms with van der Waals surface area (Å²) in [6.07, 6.45) is 0.691. The van der Waals surface area contributed by atoms with Crippen LogP contribution in [0.3, 0.4) is 0 Å². The molecule has 1 amide bonds. The van der Waals surface area contributed by atoms with Crippen molar-refractivity contribution in [2.24, 2.45) is 0 Å². The highest BCUT2D eigenvalue weighted by atomic mass is 32.2. The number of nitrogens with one attached hydrogen (secondary N) is 1. The number of nitrogens with zero attached hydrogens (tertiary/aromatic N) is 1. The largest absolute Gasteiger partial charge is 0.484 e. The summed E-state index contributed by atoms with van der Waals surface area (Å²) in [6.45, 7) is 2.52. The first-order valence-electron chi connectivity index (χ1n) is 10.9. The van der Waals surface area contributed by atoms with Gasteiger partial charge < -0.3 is 19.5 Å². The number of ether oxygens (including phenoxy) is 3. The van der Waals surface area contributed by atoms with Crippen molar-refractivity contribution in [2.75, 3.05) is 24.2 Å². The average Bonchev–Trinajstić information content (AvgIpc) is 3.48. The molecule has 0 aliphatic carbocycles. The van der Waals surface area contributed by atoms with Crippen molar-refractivity contribution in [1.82, 2.24) is 5.32 Å². The Balaban J connectivity index is 1.20. The second kappa shape index (κ2) is 8.90. The van der Waals surface area contributed by atoms with E-state index < -0.39 is 10.0 Å². The van der Waals surface area contributed by atoms with Crippen LogP contribution in [0.25, 0.3) is 0 Å². The first kappa shape index (κ1) is 22.1. The molecule has 2 aliphatic rings. The van der Waals surface area contributed by atoms with Crippen molar-refractivity contribution in [3.63, 3.8) is 0 Å². The minimum absolute atomic E-state index is 0.184. The van der Waals surface area contributed by atoms with Gasteiger partial charge in [-0.3, -0.25) is 9.10 Å². The van der Waals surface area contributed by atoms with Gasteiger partial charge in [-0.05, 0) is 66.4 Å². The number of carbonyl (C=O) groups excluding carboxylic acids is 1. The fourth-order valence-electron chi connectivity index (χ4n) is 4.08. The lowest BCUT2D eigenvalue weighted by Crippen LogP contribution is -2.29. The van der Waals surface area contributed by atoms with Crippen molar-refractivity contribution >= 4 is 21.6 Å². The number of rotatable bonds is 7. The summed E-state index contributed by atoms with van der Waals surface area (Å²) < 4.78 is 44.2. The fourth-order valence-corrected chi connectivity index (χ4v) is 5.66. The Morgan fingerprint density at radius 2 is 1.88 bits per heavy atom. The van der Waals surface area contributed by atoms with Crippen molar-refractivity contribution < 1.29 is 27.4 Å². The number of hydrogen-bond donors (Lipinski definition) is 1. The summed E-state index contributed by atoms with van der Waals surface area (Å²) in [5.74, 6) is 1.51. The molecule has 176 valence electrons. The molecule has 0 bridgehead atoms. The standard InChI is InChI=1S/C25H24N2O6S/c1-17-12-20(34(29,30)27-11-10-19-4-2-3-5-21(19)27)7-9-22(17)31-15-25(28)26-14-18-6-8-23-24(13-18)33-16-32-23/h2-9,12-13H,10-11,14-16H2,1H3,(H,26,28). The molecular weight excluding hydrogens is 456 g/mol. The molecule has 2 aliphatic heterocycles. The highest BCUT2D eigenvalue weighted by Gasteiger charge is 2.30. The van der Waals surface area contributed by atoms with Gasteiger partial charge in [0, 0.05) is 13.1 Å². The number of hydrogen-bond acceptors (Lipinski definition) is 6. The molecule has 0 radical (unpaired) electrons. The van der Waals surface area contributed by atoms with Gasteiger partial charge in [0.1, 0.15) is 5.75 Å². The molecule has 3 aromatic rings. The summed E-state index contributed by atoms with van der Waals surface area (Å²) in [6, 6.07) is 17.7. The molecule has 0 aromatic heterocycles. The van der Waals surface area contributed by atoms with Crippen LogP contribution in [0.15, 0.2) is 65.6 Å². The fraction of sp³-hybridized carbons (Fsp3) is 0.240. The molecular formula is C25H24N2O6S. The molecule has 0 fully saturated rings. The molecule has 1 N–H and O–H groups in total. The first-order valence-corrected chi connectivity index (χ1v) is 12.4. The minimum Gasteiger partial charge on any atom is -0.484 e. The van der Waals surface area contributed by atoms with Gasteiger partial charge in [-0.15, -0.1) is 0 Å². The van der Waals surface area contributed by atoms with Crippen LogP contribution < -0.4 is 23.8 Å². The zero-order valence-electron chi connectivity index (χ0n) is 18.6. The quantitative estimate of drug-likeness (QED) is 0.558. The second-order valence-corrected chi connectivity index (χ2v) is 10.00. The number of benzene rings is 3. The Kier molecular flexibility index (Phi) is 5.79. The van der Waals surface area contributed by atoms with Gasteiger partial charge in [-0.2, -0.15) is 0 Å². The summed E-state index contributed by atoms with van der Waals surface area (Å²) in [7, 11) is -3.69. The molecule has 2 heterocycles. The number of amides is 1. The zero-order chi connectivity index (χ0) is 23.7. The second-order valence-electron chi connectivity index (χ2n) is 8.14. The van der Waals surface area contributed by atoms with Crippen LogP contribution in [0.4, 0.5) is 5.69 Å². The number of sulfonamides is 1. The smallest absolute Gasteiger partial charge is 0.264 e. The molecule has 0 saturated heterocycles. The Labute approximate surface area is 198 Å². The number of carbonyl (C=O) groups is 1. The van der Waals surface area contributed by atoms with Crippen molar-refractivity contribution in [1.29, 1.82) is 0 Å². The predicted molar refractivity (Wildman–Crippen MR) is 126 cm³/mol. The highest BCUT2D eigenvalue weighted by Crippen LogP contribution is 2.34. The molecule has 9 heteroatoms. The van der Waals surface area contributed by atoms with Gasteiger partial charge >= 0.3 is 0 Å². The molecule has 0 saturated carbocycles. The van der Waals surface area contributed by atoms with Crippen LogP contribution in [-0.4, -0.2) is 34.3 Å². The van der Waals surface area contributed by atoms with Crippen LogP contribution in [0.1, 0.15) is 16.7 Å². The molecule has 34 heavy (non-hydrogen) atoms. The molecule has 0 spiro atoms. The van der Waals surface area contributed by atoms with E-state index in [2.05, 4.69) is 5.32 Å². The van der Waals surface area contributed by atoms with E-state index in [1.165, 1.54) is 10.4 Å². The van der Waals surface area contributed by atoms with Crippen molar-refractivity contribution in [3.8, 4) is 17.2 Å². The summed E-state index contributed by atoms with van der Waals surface area (Å²) in [4.78, 5) is 12.5. The maximum Gasteiger partial charge on any atom is 0.264 e. The Bertz CT molecular complexity index is 1360. The van der Waals surface area contributed by atoms with Crippen LogP contribution in [0, 0.1) is 6.92 Å². The van der Waals surface area contributed by atoms with E-state index in [0.717, 1.165) is 16.8 Å². The van der Waals surface area contributed by atoms with E-state index in [-0.39, 0.29) is 24.2 Å². The third-order valence-electron chi connectivity index (χ3n) is 5.86. The molecule has 5 rings (SSSR count). The number of para-hydroxylation sites is 1. The van der Waals surface area contributed by atoms with E-state index in [9.17, 15) is 13.2 Å². The SMILES string of the molecule is Cc1cc(S(=O)(=O)N2CCc3ccccc32)ccc1OCC(=O)NCc1ccc2c(c1)OCO2. The Morgan fingerprint density at radius 1 is 1.06 bits per heavy atom. The molecule has 0 atom stereocenters. The first-order chi connectivity index (χ1) is 16.4. The maximum absolute atomic E-state index is 13.2. The Morgan fingerprint density at radius 3 is 2.74 bits per heavy atom. The van der Waals surface area contributed by atoms with Crippen LogP contribution >= 0.6 is 0 Å². The van der Waals surface area contributed by atoms with Gasteiger partial charge in [-0.1, -0.05) is 24.3 Å². The van der Waals surface area contributed by atoms with Crippen LogP contribution in [0.5, 0.6) is 17.2 Å². The average molecular weight is 481 g/mol. The minimum atomic E-state index is -3.69.